The molecular weight excluding hydrogens is 296 g/mol. The Balaban J connectivity index is 2.04. The molecule has 1 atom stereocenters. The first-order valence-corrected chi connectivity index (χ1v) is 7.55. The molecule has 0 spiro atoms. The summed E-state index contributed by atoms with van der Waals surface area (Å²) in [4.78, 5) is 36.0. The molecule has 122 valence electrons. The van der Waals surface area contributed by atoms with Gasteiger partial charge in [0.05, 0.1) is 11.6 Å². The lowest BCUT2D eigenvalue weighted by atomic mass is 10.2. The second-order valence-corrected chi connectivity index (χ2v) is 5.27. The monoisotopic (exact) mass is 316 g/mol. The number of benzene rings is 1. The smallest absolute Gasteiger partial charge is 0.275 e. The molecule has 2 aromatic rings. The van der Waals surface area contributed by atoms with E-state index in [2.05, 4.69) is 15.7 Å². The van der Waals surface area contributed by atoms with E-state index in [9.17, 15) is 14.4 Å². The van der Waals surface area contributed by atoms with E-state index >= 15 is 0 Å². The normalized spacial score (nSPS) is 11.9. The molecular formula is C16H20N4O3. The Bertz CT molecular complexity index is 769. The molecule has 0 radical (unpaired) electrons. The molecule has 2 N–H and O–H groups in total. The van der Waals surface area contributed by atoms with E-state index in [0.29, 0.717) is 11.9 Å². The van der Waals surface area contributed by atoms with E-state index in [1.807, 2.05) is 13.0 Å². The van der Waals surface area contributed by atoms with Crippen molar-refractivity contribution >= 4 is 22.6 Å². The molecule has 7 heteroatoms. The highest BCUT2D eigenvalue weighted by atomic mass is 16.2. The third kappa shape index (κ3) is 4.15. The summed E-state index contributed by atoms with van der Waals surface area (Å²) in [5, 5.41) is 10.5. The SMILES string of the molecule is CCCNC(=O)C(C)NC(=O)Cn1ncc2ccccc2c1=O. The van der Waals surface area contributed by atoms with Crippen LogP contribution in [-0.4, -0.2) is 34.2 Å². The predicted octanol–water partition coefficient (Wildman–Crippen LogP) is 0.427. The molecule has 1 heterocycles. The Morgan fingerprint density at radius 1 is 1.30 bits per heavy atom. The van der Waals surface area contributed by atoms with Gasteiger partial charge in [0.25, 0.3) is 5.56 Å². The van der Waals surface area contributed by atoms with Crippen LogP contribution in [0.4, 0.5) is 0 Å². The summed E-state index contributed by atoms with van der Waals surface area (Å²) in [5.74, 6) is -0.687. The minimum atomic E-state index is -0.662. The standard InChI is InChI=1S/C16H20N4O3/c1-3-8-17-15(22)11(2)19-14(21)10-20-16(23)13-7-5-4-6-12(13)9-18-20/h4-7,9,11H,3,8,10H2,1-2H3,(H,17,22)(H,19,21). The number of hydrogen-bond acceptors (Lipinski definition) is 4. The van der Waals surface area contributed by atoms with Gasteiger partial charge in [0.15, 0.2) is 0 Å². The Morgan fingerprint density at radius 2 is 2.04 bits per heavy atom. The van der Waals surface area contributed by atoms with Crippen molar-refractivity contribution in [2.24, 2.45) is 0 Å². The van der Waals surface area contributed by atoms with Crippen molar-refractivity contribution in [3.8, 4) is 0 Å². The van der Waals surface area contributed by atoms with Gasteiger partial charge in [0.2, 0.25) is 11.8 Å². The zero-order valence-corrected chi connectivity index (χ0v) is 13.2. The van der Waals surface area contributed by atoms with Crippen LogP contribution in [0.1, 0.15) is 20.3 Å². The molecule has 7 nitrogen and oxygen atoms in total. The maximum atomic E-state index is 12.3. The van der Waals surface area contributed by atoms with Gasteiger partial charge in [0, 0.05) is 11.9 Å². The van der Waals surface area contributed by atoms with Crippen molar-refractivity contribution in [3.05, 3.63) is 40.8 Å². The topological polar surface area (TPSA) is 93.1 Å². The van der Waals surface area contributed by atoms with Crippen LogP contribution < -0.4 is 16.2 Å². The van der Waals surface area contributed by atoms with Gasteiger partial charge in [-0.2, -0.15) is 5.10 Å². The quantitative estimate of drug-likeness (QED) is 0.808. The first-order chi connectivity index (χ1) is 11.0. The number of fused-ring (bicyclic) bond motifs is 1. The maximum absolute atomic E-state index is 12.3. The molecule has 2 rings (SSSR count). The molecule has 0 aliphatic heterocycles. The van der Waals surface area contributed by atoms with Gasteiger partial charge in [-0.3, -0.25) is 14.4 Å². The Labute approximate surface area is 133 Å². The number of nitrogens with one attached hydrogen (secondary N) is 2. The van der Waals surface area contributed by atoms with E-state index in [1.165, 1.54) is 0 Å². The first-order valence-electron chi connectivity index (χ1n) is 7.55. The van der Waals surface area contributed by atoms with Gasteiger partial charge in [-0.05, 0) is 19.4 Å². The molecule has 23 heavy (non-hydrogen) atoms. The summed E-state index contributed by atoms with van der Waals surface area (Å²) in [5.41, 5.74) is -0.332. The summed E-state index contributed by atoms with van der Waals surface area (Å²) < 4.78 is 1.09. The molecule has 2 amide bonds. The Hall–Kier alpha value is -2.70. The van der Waals surface area contributed by atoms with Crippen molar-refractivity contribution in [2.45, 2.75) is 32.9 Å². The summed E-state index contributed by atoms with van der Waals surface area (Å²) >= 11 is 0. The second-order valence-electron chi connectivity index (χ2n) is 5.27. The molecule has 0 bridgehead atoms. The van der Waals surface area contributed by atoms with E-state index in [1.54, 1.807) is 31.3 Å². The van der Waals surface area contributed by atoms with Crippen LogP contribution in [0.5, 0.6) is 0 Å². The molecule has 1 aromatic heterocycles. The zero-order valence-electron chi connectivity index (χ0n) is 13.2. The molecule has 0 saturated carbocycles. The third-order valence-corrected chi connectivity index (χ3v) is 3.38. The number of carbonyl (C=O) groups is 2. The largest absolute Gasteiger partial charge is 0.354 e. The number of carbonyl (C=O) groups excluding carboxylic acids is 2. The van der Waals surface area contributed by atoms with Gasteiger partial charge in [-0.1, -0.05) is 25.1 Å². The van der Waals surface area contributed by atoms with Crippen LogP contribution in [0, 0.1) is 0 Å². The second kappa shape index (κ2) is 7.53. The fourth-order valence-corrected chi connectivity index (χ4v) is 2.13. The minimum Gasteiger partial charge on any atom is -0.354 e. The average Bonchev–Trinajstić information content (AvgIpc) is 2.55. The lowest BCUT2D eigenvalue weighted by molar-refractivity contribution is -0.129. The van der Waals surface area contributed by atoms with Gasteiger partial charge >= 0.3 is 0 Å². The van der Waals surface area contributed by atoms with Crippen LogP contribution in [0.25, 0.3) is 10.8 Å². The van der Waals surface area contributed by atoms with Crippen molar-refractivity contribution in [3.63, 3.8) is 0 Å². The van der Waals surface area contributed by atoms with Crippen molar-refractivity contribution in [2.75, 3.05) is 6.54 Å². The summed E-state index contributed by atoms with van der Waals surface area (Å²) in [6.07, 6.45) is 2.37. The van der Waals surface area contributed by atoms with Crippen LogP contribution in [0.2, 0.25) is 0 Å². The third-order valence-electron chi connectivity index (χ3n) is 3.38. The molecule has 0 aliphatic carbocycles. The Kier molecular flexibility index (Phi) is 5.46. The van der Waals surface area contributed by atoms with Crippen LogP contribution >= 0.6 is 0 Å². The van der Waals surface area contributed by atoms with Crippen LogP contribution in [-0.2, 0) is 16.1 Å². The van der Waals surface area contributed by atoms with Crippen LogP contribution in [0.15, 0.2) is 35.3 Å². The highest BCUT2D eigenvalue weighted by Gasteiger charge is 2.16. The number of amides is 2. The molecule has 1 unspecified atom stereocenters. The lowest BCUT2D eigenvalue weighted by Crippen LogP contribution is -2.46. The van der Waals surface area contributed by atoms with Gasteiger partial charge in [-0.15, -0.1) is 0 Å². The number of nitrogens with zero attached hydrogens (tertiary/aromatic N) is 2. The average molecular weight is 316 g/mol. The summed E-state index contributed by atoms with van der Waals surface area (Å²) in [6.45, 7) is 3.88. The van der Waals surface area contributed by atoms with E-state index < -0.39 is 11.9 Å². The first kappa shape index (κ1) is 16.7. The van der Waals surface area contributed by atoms with E-state index in [4.69, 9.17) is 0 Å². The van der Waals surface area contributed by atoms with E-state index in [0.717, 1.165) is 16.5 Å². The fraction of sp³-hybridized carbons (Fsp3) is 0.375. The lowest BCUT2D eigenvalue weighted by Gasteiger charge is -2.14. The number of rotatable bonds is 6. The predicted molar refractivity (Wildman–Crippen MR) is 86.9 cm³/mol. The highest BCUT2D eigenvalue weighted by Crippen LogP contribution is 2.06. The van der Waals surface area contributed by atoms with Crippen molar-refractivity contribution in [1.82, 2.24) is 20.4 Å². The van der Waals surface area contributed by atoms with Gasteiger partial charge < -0.3 is 10.6 Å². The van der Waals surface area contributed by atoms with Crippen LogP contribution in [0.3, 0.4) is 0 Å². The number of aromatic nitrogens is 2. The Morgan fingerprint density at radius 3 is 2.78 bits per heavy atom. The number of hydrogen-bond donors (Lipinski definition) is 2. The molecule has 0 fully saturated rings. The summed E-state index contributed by atoms with van der Waals surface area (Å²) in [7, 11) is 0. The molecule has 0 saturated heterocycles. The van der Waals surface area contributed by atoms with Gasteiger partial charge in [0.1, 0.15) is 12.6 Å². The minimum absolute atomic E-state index is 0.227. The van der Waals surface area contributed by atoms with Crippen molar-refractivity contribution in [1.29, 1.82) is 0 Å². The van der Waals surface area contributed by atoms with Crippen molar-refractivity contribution < 1.29 is 9.59 Å². The molecule has 0 aliphatic rings. The molecule has 1 aromatic carbocycles. The maximum Gasteiger partial charge on any atom is 0.275 e. The van der Waals surface area contributed by atoms with E-state index in [-0.39, 0.29) is 18.0 Å². The fourth-order valence-electron chi connectivity index (χ4n) is 2.13. The summed E-state index contributed by atoms with van der Waals surface area (Å²) in [6, 6.07) is 6.39. The van der Waals surface area contributed by atoms with Gasteiger partial charge in [-0.25, -0.2) is 4.68 Å². The zero-order chi connectivity index (χ0) is 16.8. The highest BCUT2D eigenvalue weighted by molar-refractivity contribution is 5.87.